The van der Waals surface area contributed by atoms with Crippen LogP contribution in [0.2, 0.25) is 5.02 Å². The van der Waals surface area contributed by atoms with Crippen LogP contribution in [0.5, 0.6) is 0 Å². The number of carbonyl (C=O) groups excluding carboxylic acids is 2. The van der Waals surface area contributed by atoms with Crippen LogP contribution < -0.4 is 5.32 Å². The lowest BCUT2D eigenvalue weighted by molar-refractivity contribution is -0.147. The molecule has 1 aliphatic heterocycles. The van der Waals surface area contributed by atoms with E-state index in [-0.39, 0.29) is 10.9 Å². The zero-order chi connectivity index (χ0) is 16.3. The number of anilines is 1. The molecule has 6 heteroatoms. The fourth-order valence-corrected chi connectivity index (χ4v) is 2.63. The summed E-state index contributed by atoms with van der Waals surface area (Å²) in [4.78, 5) is 26.7. The zero-order valence-electron chi connectivity index (χ0n) is 12.8. The van der Waals surface area contributed by atoms with Crippen molar-refractivity contribution in [2.24, 2.45) is 5.41 Å². The highest BCUT2D eigenvalue weighted by Crippen LogP contribution is 2.25. The number of hydrogen-bond acceptors (Lipinski definition) is 2. The summed E-state index contributed by atoms with van der Waals surface area (Å²) in [5.74, 6) is -1.16. The summed E-state index contributed by atoms with van der Waals surface area (Å²) in [5.41, 5.74) is -0.811. The van der Waals surface area contributed by atoms with Crippen molar-refractivity contribution in [2.75, 3.05) is 18.4 Å². The third kappa shape index (κ3) is 3.58. The molecule has 4 nitrogen and oxygen atoms in total. The molecular formula is C16H20ClFN2O2. The van der Waals surface area contributed by atoms with E-state index in [2.05, 4.69) is 5.32 Å². The van der Waals surface area contributed by atoms with Crippen molar-refractivity contribution in [3.8, 4) is 0 Å². The summed E-state index contributed by atoms with van der Waals surface area (Å²) >= 11 is 5.69. The average molecular weight is 327 g/mol. The Morgan fingerprint density at radius 3 is 2.45 bits per heavy atom. The topological polar surface area (TPSA) is 49.4 Å². The molecule has 0 saturated carbocycles. The van der Waals surface area contributed by atoms with Gasteiger partial charge in [0.15, 0.2) is 0 Å². The first-order valence-corrected chi connectivity index (χ1v) is 7.76. The maximum atomic E-state index is 13.1. The van der Waals surface area contributed by atoms with Crippen LogP contribution in [0.1, 0.15) is 33.1 Å². The van der Waals surface area contributed by atoms with Gasteiger partial charge in [-0.3, -0.25) is 9.59 Å². The lowest BCUT2D eigenvalue weighted by Crippen LogP contribution is -2.48. The summed E-state index contributed by atoms with van der Waals surface area (Å²) in [6.07, 6.45) is 3.05. The second kappa shape index (κ2) is 6.65. The molecule has 120 valence electrons. The Kier molecular flexibility index (Phi) is 5.06. The maximum Gasteiger partial charge on any atom is 0.239 e. The van der Waals surface area contributed by atoms with Gasteiger partial charge in [-0.1, -0.05) is 11.6 Å². The minimum atomic E-state index is -1.18. The Morgan fingerprint density at radius 2 is 1.86 bits per heavy atom. The van der Waals surface area contributed by atoms with E-state index >= 15 is 0 Å². The minimum absolute atomic E-state index is 0.0713. The molecule has 22 heavy (non-hydrogen) atoms. The number of amides is 2. The number of hydrogen-bond donors (Lipinski definition) is 1. The van der Waals surface area contributed by atoms with Gasteiger partial charge in [0.1, 0.15) is 11.2 Å². The monoisotopic (exact) mass is 326 g/mol. The van der Waals surface area contributed by atoms with Gasteiger partial charge >= 0.3 is 0 Å². The molecule has 1 N–H and O–H groups in total. The number of likely N-dealkylation sites (tertiary alicyclic amines) is 1. The maximum absolute atomic E-state index is 13.1. The number of benzene rings is 1. The minimum Gasteiger partial charge on any atom is -0.342 e. The Bertz CT molecular complexity index is 584. The van der Waals surface area contributed by atoms with Crippen LogP contribution in [0.25, 0.3) is 0 Å². The van der Waals surface area contributed by atoms with Crippen molar-refractivity contribution < 1.29 is 14.0 Å². The highest BCUT2D eigenvalue weighted by molar-refractivity contribution is 6.31. The van der Waals surface area contributed by atoms with Gasteiger partial charge in [0.25, 0.3) is 0 Å². The van der Waals surface area contributed by atoms with Crippen LogP contribution in [-0.4, -0.2) is 29.8 Å². The first-order valence-electron chi connectivity index (χ1n) is 7.38. The van der Waals surface area contributed by atoms with Crippen molar-refractivity contribution in [3.63, 3.8) is 0 Å². The lowest BCUT2D eigenvalue weighted by atomic mass is 9.89. The third-order valence-electron chi connectivity index (χ3n) is 3.92. The molecule has 2 amide bonds. The van der Waals surface area contributed by atoms with E-state index < -0.39 is 17.1 Å². The van der Waals surface area contributed by atoms with Gasteiger partial charge in [-0.15, -0.1) is 0 Å². The van der Waals surface area contributed by atoms with Crippen LogP contribution in [0, 0.1) is 11.2 Å². The molecule has 0 spiro atoms. The Labute approximate surface area is 134 Å². The number of nitrogens with zero attached hydrogens (tertiary/aromatic N) is 1. The summed E-state index contributed by atoms with van der Waals surface area (Å²) in [7, 11) is 0. The predicted octanol–water partition coefficient (Wildman–Crippen LogP) is 3.46. The summed E-state index contributed by atoms with van der Waals surface area (Å²) in [6.45, 7) is 4.59. The quantitative estimate of drug-likeness (QED) is 0.865. The summed E-state index contributed by atoms with van der Waals surface area (Å²) in [6, 6.07) is 3.92. The predicted molar refractivity (Wildman–Crippen MR) is 84.3 cm³/mol. The number of piperidine rings is 1. The second-order valence-corrected chi connectivity index (χ2v) is 6.47. The Hall–Kier alpha value is -1.62. The SMILES string of the molecule is CC(C)(C(=O)Nc1ccc(F)c(Cl)c1)C(=O)N1CCCCC1. The van der Waals surface area contributed by atoms with Gasteiger partial charge in [-0.05, 0) is 51.3 Å². The van der Waals surface area contributed by atoms with Crippen LogP contribution >= 0.6 is 11.6 Å². The molecule has 1 aromatic rings. The molecule has 0 aromatic heterocycles. The van der Waals surface area contributed by atoms with Crippen molar-refractivity contribution in [2.45, 2.75) is 33.1 Å². The molecule has 0 atom stereocenters. The largest absolute Gasteiger partial charge is 0.342 e. The van der Waals surface area contributed by atoms with Crippen LogP contribution in [0.4, 0.5) is 10.1 Å². The molecule has 0 aliphatic carbocycles. The van der Waals surface area contributed by atoms with Gasteiger partial charge < -0.3 is 10.2 Å². The van der Waals surface area contributed by atoms with Crippen molar-refractivity contribution in [1.82, 2.24) is 4.90 Å². The van der Waals surface area contributed by atoms with Crippen LogP contribution in [0.15, 0.2) is 18.2 Å². The molecule has 2 rings (SSSR count). The van der Waals surface area contributed by atoms with Gasteiger partial charge in [0.05, 0.1) is 5.02 Å². The van der Waals surface area contributed by atoms with Crippen LogP contribution in [-0.2, 0) is 9.59 Å². The molecule has 1 heterocycles. The van der Waals surface area contributed by atoms with Gasteiger partial charge in [0.2, 0.25) is 11.8 Å². The average Bonchev–Trinajstić information content (AvgIpc) is 2.51. The summed E-state index contributed by atoms with van der Waals surface area (Å²) in [5, 5.41) is 2.56. The fourth-order valence-electron chi connectivity index (χ4n) is 2.45. The lowest BCUT2D eigenvalue weighted by Gasteiger charge is -2.33. The Balaban J connectivity index is 2.08. The standard InChI is InChI=1S/C16H20ClFN2O2/c1-16(2,15(22)20-8-4-3-5-9-20)14(21)19-11-6-7-13(18)12(17)10-11/h6-7,10H,3-5,8-9H2,1-2H3,(H,19,21). The molecule has 0 unspecified atom stereocenters. The number of nitrogens with one attached hydrogen (secondary N) is 1. The normalized spacial score (nSPS) is 15.5. The number of halogens is 2. The molecule has 1 aromatic carbocycles. The van der Waals surface area contributed by atoms with E-state index in [1.807, 2.05) is 0 Å². The molecule has 1 fully saturated rings. The van der Waals surface area contributed by atoms with Crippen molar-refractivity contribution in [3.05, 3.63) is 29.0 Å². The first-order chi connectivity index (χ1) is 10.3. The van der Waals surface area contributed by atoms with E-state index in [1.54, 1.807) is 18.7 Å². The number of carbonyl (C=O) groups is 2. The zero-order valence-corrected chi connectivity index (χ0v) is 13.5. The van der Waals surface area contributed by atoms with E-state index in [0.29, 0.717) is 18.8 Å². The van der Waals surface area contributed by atoms with E-state index in [1.165, 1.54) is 18.2 Å². The molecule has 1 aliphatic rings. The van der Waals surface area contributed by atoms with Gasteiger partial charge in [-0.2, -0.15) is 0 Å². The third-order valence-corrected chi connectivity index (χ3v) is 4.21. The van der Waals surface area contributed by atoms with Gasteiger partial charge in [-0.25, -0.2) is 4.39 Å². The highest BCUT2D eigenvalue weighted by Gasteiger charge is 2.39. The van der Waals surface area contributed by atoms with Crippen molar-refractivity contribution in [1.29, 1.82) is 0 Å². The molecule has 1 saturated heterocycles. The van der Waals surface area contributed by atoms with E-state index in [0.717, 1.165) is 19.3 Å². The summed E-state index contributed by atoms with van der Waals surface area (Å²) < 4.78 is 13.1. The second-order valence-electron chi connectivity index (χ2n) is 6.06. The fraction of sp³-hybridized carbons (Fsp3) is 0.500. The van der Waals surface area contributed by atoms with E-state index in [4.69, 9.17) is 11.6 Å². The number of rotatable bonds is 3. The smallest absolute Gasteiger partial charge is 0.239 e. The van der Waals surface area contributed by atoms with Gasteiger partial charge in [0, 0.05) is 18.8 Å². The van der Waals surface area contributed by atoms with Crippen molar-refractivity contribution >= 4 is 29.1 Å². The molecular weight excluding hydrogens is 307 g/mol. The molecule has 0 radical (unpaired) electrons. The molecule has 0 bridgehead atoms. The van der Waals surface area contributed by atoms with Crippen LogP contribution in [0.3, 0.4) is 0 Å². The first kappa shape index (κ1) is 16.7. The Morgan fingerprint density at radius 1 is 1.23 bits per heavy atom. The van der Waals surface area contributed by atoms with E-state index in [9.17, 15) is 14.0 Å². The highest BCUT2D eigenvalue weighted by atomic mass is 35.5.